The smallest absolute Gasteiger partial charge is 0.362 e. The minimum Gasteiger partial charge on any atom is -0.362 e. The van der Waals surface area contributed by atoms with Crippen LogP contribution in [0.25, 0.3) is 0 Å². The van der Waals surface area contributed by atoms with Crippen LogP contribution in [0.4, 0.5) is 0 Å². The second kappa shape index (κ2) is 4.20. The highest BCUT2D eigenvalue weighted by atomic mass is 32.3. The fourth-order valence-electron chi connectivity index (χ4n) is 1.18. The van der Waals surface area contributed by atoms with Gasteiger partial charge in [0.1, 0.15) is 5.75 Å². The molecule has 0 radical (unpaired) electrons. The van der Waals surface area contributed by atoms with Crippen molar-refractivity contribution in [3.05, 3.63) is 29.3 Å². The van der Waals surface area contributed by atoms with Gasteiger partial charge in [-0.05, 0) is 30.0 Å². The molecular formula is C10H14O4S. The van der Waals surface area contributed by atoms with E-state index in [1.54, 1.807) is 19.1 Å². The molecule has 1 aromatic rings. The van der Waals surface area contributed by atoms with Gasteiger partial charge in [-0.1, -0.05) is 26.0 Å². The first-order chi connectivity index (χ1) is 6.79. The molecule has 0 atom stereocenters. The molecule has 0 aliphatic carbocycles. The van der Waals surface area contributed by atoms with Crippen LogP contribution in [0.2, 0.25) is 0 Å². The van der Waals surface area contributed by atoms with Crippen LogP contribution < -0.4 is 4.18 Å². The van der Waals surface area contributed by atoms with Crippen LogP contribution in [0.5, 0.6) is 5.75 Å². The largest absolute Gasteiger partial charge is 0.446 e. The summed E-state index contributed by atoms with van der Waals surface area (Å²) in [4.78, 5) is 0. The molecule has 0 unspecified atom stereocenters. The van der Waals surface area contributed by atoms with E-state index in [4.69, 9.17) is 4.55 Å². The number of hydrogen-bond acceptors (Lipinski definition) is 3. The first-order valence-corrected chi connectivity index (χ1v) is 5.93. The van der Waals surface area contributed by atoms with Crippen molar-refractivity contribution >= 4 is 10.4 Å². The van der Waals surface area contributed by atoms with Crippen LogP contribution in [-0.2, 0) is 10.4 Å². The van der Waals surface area contributed by atoms with Crippen molar-refractivity contribution in [3.63, 3.8) is 0 Å². The molecule has 0 heterocycles. The highest BCUT2D eigenvalue weighted by molar-refractivity contribution is 7.81. The van der Waals surface area contributed by atoms with Crippen LogP contribution >= 0.6 is 0 Å². The molecule has 0 saturated carbocycles. The summed E-state index contributed by atoms with van der Waals surface area (Å²) < 4.78 is 34.2. The van der Waals surface area contributed by atoms with E-state index >= 15 is 0 Å². The fourth-order valence-corrected chi connectivity index (χ4v) is 1.59. The summed E-state index contributed by atoms with van der Waals surface area (Å²) in [7, 11) is -4.44. The van der Waals surface area contributed by atoms with Crippen LogP contribution in [0.15, 0.2) is 18.2 Å². The quantitative estimate of drug-likeness (QED) is 0.809. The molecule has 0 aliphatic rings. The summed E-state index contributed by atoms with van der Waals surface area (Å²) in [5, 5.41) is 0. The maximum Gasteiger partial charge on any atom is 0.446 e. The Labute approximate surface area is 89.8 Å². The standard InChI is InChI=1S/C10H14O4S/c1-7(2)9-5-4-8(3)10(6-9)14-15(11,12)13/h4-7H,1-3H3,(H,11,12,13). The molecule has 1 N–H and O–H groups in total. The highest BCUT2D eigenvalue weighted by Crippen LogP contribution is 2.24. The van der Waals surface area contributed by atoms with E-state index in [9.17, 15) is 8.42 Å². The lowest BCUT2D eigenvalue weighted by Gasteiger charge is -2.10. The molecule has 0 saturated heterocycles. The molecule has 0 aliphatic heterocycles. The van der Waals surface area contributed by atoms with Gasteiger partial charge in [-0.15, -0.1) is 0 Å². The Morgan fingerprint density at radius 1 is 1.33 bits per heavy atom. The maximum atomic E-state index is 10.6. The average Bonchev–Trinajstić information content (AvgIpc) is 2.06. The van der Waals surface area contributed by atoms with Crippen molar-refractivity contribution in [2.45, 2.75) is 26.7 Å². The molecule has 15 heavy (non-hydrogen) atoms. The molecule has 1 aromatic carbocycles. The van der Waals surface area contributed by atoms with E-state index < -0.39 is 10.4 Å². The molecule has 84 valence electrons. The summed E-state index contributed by atoms with van der Waals surface area (Å²) in [5.41, 5.74) is 1.62. The van der Waals surface area contributed by atoms with Gasteiger partial charge in [-0.3, -0.25) is 4.55 Å². The summed E-state index contributed by atoms with van der Waals surface area (Å²) in [6.07, 6.45) is 0. The molecule has 0 bridgehead atoms. The minimum absolute atomic E-state index is 0.170. The monoisotopic (exact) mass is 230 g/mol. The van der Waals surface area contributed by atoms with Gasteiger partial charge in [0, 0.05) is 0 Å². The van der Waals surface area contributed by atoms with E-state index in [1.807, 2.05) is 19.9 Å². The van der Waals surface area contributed by atoms with Crippen molar-refractivity contribution in [1.29, 1.82) is 0 Å². The number of aryl methyl sites for hydroxylation is 1. The number of benzene rings is 1. The Balaban J connectivity index is 3.11. The molecule has 0 fully saturated rings. The Morgan fingerprint density at radius 3 is 2.40 bits per heavy atom. The maximum absolute atomic E-state index is 10.6. The normalized spacial score (nSPS) is 11.8. The van der Waals surface area contributed by atoms with Crippen molar-refractivity contribution in [1.82, 2.24) is 0 Å². The van der Waals surface area contributed by atoms with E-state index in [0.717, 1.165) is 5.56 Å². The van der Waals surface area contributed by atoms with Crippen LogP contribution in [0.3, 0.4) is 0 Å². The molecule has 1 rings (SSSR count). The zero-order valence-electron chi connectivity index (χ0n) is 8.89. The Hall–Kier alpha value is -1.07. The van der Waals surface area contributed by atoms with Crippen molar-refractivity contribution in [2.24, 2.45) is 0 Å². The molecule has 4 nitrogen and oxygen atoms in total. The minimum atomic E-state index is -4.44. The van der Waals surface area contributed by atoms with Gasteiger partial charge < -0.3 is 4.18 Å². The third kappa shape index (κ3) is 3.53. The van der Waals surface area contributed by atoms with Gasteiger partial charge in [0.2, 0.25) is 0 Å². The van der Waals surface area contributed by atoms with Gasteiger partial charge in [-0.25, -0.2) is 0 Å². The lowest BCUT2D eigenvalue weighted by molar-refractivity contribution is 0.385. The molecule has 0 spiro atoms. The van der Waals surface area contributed by atoms with Gasteiger partial charge in [0.25, 0.3) is 0 Å². The first kappa shape index (κ1) is 12.0. The molecule has 5 heteroatoms. The van der Waals surface area contributed by atoms with Gasteiger partial charge in [0.15, 0.2) is 0 Å². The van der Waals surface area contributed by atoms with E-state index in [0.29, 0.717) is 5.56 Å². The lowest BCUT2D eigenvalue weighted by atomic mass is 10.0. The Morgan fingerprint density at radius 2 is 1.93 bits per heavy atom. The van der Waals surface area contributed by atoms with Crippen LogP contribution in [0, 0.1) is 6.92 Å². The van der Waals surface area contributed by atoms with Gasteiger partial charge >= 0.3 is 10.4 Å². The fraction of sp³-hybridized carbons (Fsp3) is 0.400. The molecule has 0 aromatic heterocycles. The van der Waals surface area contributed by atoms with E-state index in [2.05, 4.69) is 4.18 Å². The van der Waals surface area contributed by atoms with E-state index in [1.165, 1.54) is 0 Å². The van der Waals surface area contributed by atoms with Crippen LogP contribution in [0.1, 0.15) is 30.9 Å². The summed E-state index contributed by atoms with van der Waals surface area (Å²) in [5.74, 6) is 0.443. The van der Waals surface area contributed by atoms with Gasteiger partial charge in [-0.2, -0.15) is 8.42 Å². The molecular weight excluding hydrogens is 216 g/mol. The second-order valence-electron chi connectivity index (χ2n) is 3.69. The van der Waals surface area contributed by atoms with Crippen molar-refractivity contribution in [2.75, 3.05) is 0 Å². The highest BCUT2D eigenvalue weighted by Gasteiger charge is 2.11. The summed E-state index contributed by atoms with van der Waals surface area (Å²) in [6.45, 7) is 5.69. The Bertz CT molecular complexity index is 448. The number of rotatable bonds is 3. The summed E-state index contributed by atoms with van der Waals surface area (Å²) in [6, 6.07) is 5.28. The topological polar surface area (TPSA) is 63.6 Å². The third-order valence-electron chi connectivity index (χ3n) is 2.07. The van der Waals surface area contributed by atoms with Crippen LogP contribution in [-0.4, -0.2) is 13.0 Å². The predicted octanol–water partition coefficient (Wildman–Crippen LogP) is 2.30. The van der Waals surface area contributed by atoms with Crippen molar-refractivity contribution in [3.8, 4) is 5.75 Å². The lowest BCUT2D eigenvalue weighted by Crippen LogP contribution is -2.08. The second-order valence-corrected chi connectivity index (χ2v) is 4.71. The zero-order chi connectivity index (χ0) is 11.6. The number of hydrogen-bond donors (Lipinski definition) is 1. The van der Waals surface area contributed by atoms with E-state index in [-0.39, 0.29) is 11.7 Å². The average molecular weight is 230 g/mol. The first-order valence-electron chi connectivity index (χ1n) is 4.57. The zero-order valence-corrected chi connectivity index (χ0v) is 9.71. The van der Waals surface area contributed by atoms with Crippen molar-refractivity contribution < 1.29 is 17.2 Å². The molecule has 0 amide bonds. The predicted molar refractivity (Wildman–Crippen MR) is 57.4 cm³/mol. The SMILES string of the molecule is Cc1ccc(C(C)C)cc1OS(=O)(=O)O. The van der Waals surface area contributed by atoms with Gasteiger partial charge in [0.05, 0.1) is 0 Å². The summed E-state index contributed by atoms with van der Waals surface area (Å²) >= 11 is 0. The third-order valence-corrected chi connectivity index (χ3v) is 2.46. The Kier molecular flexibility index (Phi) is 3.36.